The minimum absolute atomic E-state index is 0.0602. The molecule has 0 aliphatic heterocycles. The molecule has 0 amide bonds. The van der Waals surface area contributed by atoms with Gasteiger partial charge in [0.05, 0.1) is 25.2 Å². The van der Waals surface area contributed by atoms with Gasteiger partial charge in [0, 0.05) is 5.54 Å². The molecular weight excluding hydrogens is 290 g/mol. The number of ether oxygens (including phenoxy) is 2. The molecule has 106 valence electrons. The molecule has 0 aliphatic carbocycles. The van der Waals surface area contributed by atoms with Crippen molar-refractivity contribution >= 4 is 29.0 Å². The lowest BCUT2D eigenvalue weighted by atomic mass is 10.0. The summed E-state index contributed by atoms with van der Waals surface area (Å²) in [4.78, 5) is 33.6. The number of hydrogen-bond acceptors (Lipinski definition) is 6. The van der Waals surface area contributed by atoms with Gasteiger partial charge in [-0.25, -0.2) is 4.79 Å². The molecule has 0 saturated carbocycles. The number of hydrogen-bond donors (Lipinski definition) is 0. The van der Waals surface area contributed by atoms with Gasteiger partial charge in [-0.15, -0.1) is 0 Å². The number of rotatable bonds is 5. The van der Waals surface area contributed by atoms with Crippen LogP contribution in [-0.2, 0) is 4.74 Å². The number of methoxy groups -OCH3 is 2. The third-order valence-corrected chi connectivity index (χ3v) is 2.53. The fraction of sp³-hybridized carbons (Fsp3) is 0.167. The van der Waals surface area contributed by atoms with E-state index in [2.05, 4.69) is 4.74 Å². The highest BCUT2D eigenvalue weighted by molar-refractivity contribution is 6.27. The standard InChI is InChI=1S/C12H10ClNO6/c1-19-11-6-9(14(17)18)7(10(15)3-4-13)5-8(11)12(16)20-2/h3-6H,1-2H3. The van der Waals surface area contributed by atoms with Crippen molar-refractivity contribution in [3.05, 3.63) is 45.0 Å². The van der Waals surface area contributed by atoms with Crippen molar-refractivity contribution in [2.75, 3.05) is 14.2 Å². The van der Waals surface area contributed by atoms with E-state index < -0.39 is 22.4 Å². The quantitative estimate of drug-likeness (QED) is 0.272. The van der Waals surface area contributed by atoms with Crippen LogP contribution in [0.1, 0.15) is 20.7 Å². The lowest BCUT2D eigenvalue weighted by Crippen LogP contribution is -2.09. The zero-order valence-corrected chi connectivity index (χ0v) is 11.3. The Hall–Kier alpha value is -2.41. The SMILES string of the molecule is COC(=O)c1cc(C(=O)C=CCl)c([N+](=O)[O-])cc1OC. The number of nitro benzene ring substituents is 1. The van der Waals surface area contributed by atoms with Crippen molar-refractivity contribution in [3.8, 4) is 5.75 Å². The smallest absolute Gasteiger partial charge is 0.341 e. The number of nitro groups is 1. The molecule has 8 heteroatoms. The van der Waals surface area contributed by atoms with Gasteiger partial charge in [-0.05, 0) is 12.1 Å². The molecule has 1 aromatic carbocycles. The van der Waals surface area contributed by atoms with E-state index in [0.29, 0.717) is 0 Å². The van der Waals surface area contributed by atoms with Crippen LogP contribution in [-0.4, -0.2) is 30.9 Å². The Kier molecular flexibility index (Phi) is 5.22. The number of halogens is 1. The van der Waals surface area contributed by atoms with Crippen LogP contribution in [0.25, 0.3) is 0 Å². The van der Waals surface area contributed by atoms with Gasteiger partial charge in [0.15, 0.2) is 5.78 Å². The first kappa shape index (κ1) is 15.6. The van der Waals surface area contributed by atoms with E-state index >= 15 is 0 Å². The number of allylic oxidation sites excluding steroid dienone is 1. The Balaban J connectivity index is 3.58. The zero-order chi connectivity index (χ0) is 15.3. The number of ketones is 1. The van der Waals surface area contributed by atoms with Gasteiger partial charge in [-0.1, -0.05) is 11.6 Å². The van der Waals surface area contributed by atoms with Crippen molar-refractivity contribution < 1.29 is 24.0 Å². The zero-order valence-electron chi connectivity index (χ0n) is 10.6. The molecule has 0 aromatic heterocycles. The maximum absolute atomic E-state index is 11.8. The third kappa shape index (κ3) is 3.12. The topological polar surface area (TPSA) is 95.7 Å². The van der Waals surface area contributed by atoms with Crippen molar-refractivity contribution in [1.29, 1.82) is 0 Å². The van der Waals surface area contributed by atoms with Crippen molar-refractivity contribution in [2.45, 2.75) is 0 Å². The predicted octanol–water partition coefficient (Wildman–Crippen LogP) is 2.33. The summed E-state index contributed by atoms with van der Waals surface area (Å²) in [5, 5.41) is 11.0. The summed E-state index contributed by atoms with van der Waals surface area (Å²) in [5.74, 6) is -1.55. The molecule has 0 heterocycles. The molecule has 7 nitrogen and oxygen atoms in total. The summed E-state index contributed by atoms with van der Waals surface area (Å²) in [6.07, 6.45) is 0.942. The highest BCUT2D eigenvalue weighted by Gasteiger charge is 2.25. The first-order valence-electron chi connectivity index (χ1n) is 5.22. The van der Waals surface area contributed by atoms with Crippen LogP contribution >= 0.6 is 11.6 Å². The van der Waals surface area contributed by atoms with Crippen LogP contribution in [0.2, 0.25) is 0 Å². The second kappa shape index (κ2) is 6.67. The van der Waals surface area contributed by atoms with Gasteiger partial charge in [0.25, 0.3) is 5.69 Å². The second-order valence-electron chi connectivity index (χ2n) is 3.48. The Morgan fingerprint density at radius 2 is 1.95 bits per heavy atom. The normalized spacial score (nSPS) is 10.3. The van der Waals surface area contributed by atoms with Crippen molar-refractivity contribution in [3.63, 3.8) is 0 Å². The number of benzene rings is 1. The van der Waals surface area contributed by atoms with E-state index in [1.807, 2.05) is 0 Å². The predicted molar refractivity (Wildman–Crippen MR) is 70.3 cm³/mol. The Morgan fingerprint density at radius 1 is 1.30 bits per heavy atom. The second-order valence-corrected chi connectivity index (χ2v) is 3.73. The van der Waals surface area contributed by atoms with Crippen LogP contribution in [0.15, 0.2) is 23.7 Å². The van der Waals surface area contributed by atoms with Gasteiger partial charge >= 0.3 is 5.97 Å². The van der Waals surface area contributed by atoms with Crippen LogP contribution in [0.4, 0.5) is 5.69 Å². The Bertz CT molecular complexity index is 596. The van der Waals surface area contributed by atoms with E-state index in [-0.39, 0.29) is 16.9 Å². The summed E-state index contributed by atoms with van der Waals surface area (Å²) < 4.78 is 9.42. The molecule has 0 saturated heterocycles. The molecule has 0 radical (unpaired) electrons. The molecule has 0 bridgehead atoms. The maximum atomic E-state index is 11.8. The summed E-state index contributed by atoms with van der Waals surface area (Å²) in [6, 6.07) is 2.03. The third-order valence-electron chi connectivity index (χ3n) is 2.40. The summed E-state index contributed by atoms with van der Waals surface area (Å²) >= 11 is 5.28. The summed E-state index contributed by atoms with van der Waals surface area (Å²) in [7, 11) is 2.38. The average molecular weight is 300 g/mol. The number of nitrogens with zero attached hydrogens (tertiary/aromatic N) is 1. The van der Waals surface area contributed by atoms with Crippen LogP contribution in [0.5, 0.6) is 5.75 Å². The van der Waals surface area contributed by atoms with E-state index in [4.69, 9.17) is 16.3 Å². The van der Waals surface area contributed by atoms with Crippen LogP contribution in [0.3, 0.4) is 0 Å². The Morgan fingerprint density at radius 3 is 2.40 bits per heavy atom. The first-order valence-corrected chi connectivity index (χ1v) is 5.65. The summed E-state index contributed by atoms with van der Waals surface area (Å²) in [5.41, 5.74) is 0.0583. The molecule has 1 aromatic rings. The van der Waals surface area contributed by atoms with E-state index in [1.165, 1.54) is 7.11 Å². The van der Waals surface area contributed by atoms with Crippen LogP contribution < -0.4 is 4.74 Å². The van der Waals surface area contributed by atoms with Crippen molar-refractivity contribution in [2.24, 2.45) is 0 Å². The van der Waals surface area contributed by atoms with Gasteiger partial charge in [-0.2, -0.15) is 0 Å². The molecule has 0 aliphatic rings. The molecule has 0 unspecified atom stereocenters. The fourth-order valence-electron chi connectivity index (χ4n) is 1.50. The van der Waals surface area contributed by atoms with E-state index in [0.717, 1.165) is 30.9 Å². The highest BCUT2D eigenvalue weighted by atomic mass is 35.5. The monoisotopic (exact) mass is 299 g/mol. The van der Waals surface area contributed by atoms with Gasteiger partial charge in [0.2, 0.25) is 0 Å². The molecule has 20 heavy (non-hydrogen) atoms. The van der Waals surface area contributed by atoms with Gasteiger partial charge in [-0.3, -0.25) is 14.9 Å². The highest BCUT2D eigenvalue weighted by Crippen LogP contribution is 2.30. The molecule has 0 atom stereocenters. The molecule has 1 rings (SSSR count). The van der Waals surface area contributed by atoms with Gasteiger partial charge < -0.3 is 9.47 Å². The summed E-state index contributed by atoms with van der Waals surface area (Å²) in [6.45, 7) is 0. The van der Waals surface area contributed by atoms with E-state index in [1.54, 1.807) is 0 Å². The fourth-order valence-corrected chi connectivity index (χ4v) is 1.62. The Labute approximate surface area is 118 Å². The lowest BCUT2D eigenvalue weighted by Gasteiger charge is -2.08. The molecule has 0 fully saturated rings. The van der Waals surface area contributed by atoms with Crippen molar-refractivity contribution in [1.82, 2.24) is 0 Å². The molecule has 0 spiro atoms. The minimum Gasteiger partial charge on any atom is -0.496 e. The van der Waals surface area contributed by atoms with Gasteiger partial charge in [0.1, 0.15) is 16.9 Å². The van der Waals surface area contributed by atoms with E-state index in [9.17, 15) is 19.7 Å². The average Bonchev–Trinajstić information content (AvgIpc) is 2.44. The lowest BCUT2D eigenvalue weighted by molar-refractivity contribution is -0.385. The molecule has 0 N–H and O–H groups in total. The minimum atomic E-state index is -0.777. The number of carbonyl (C=O) groups is 2. The maximum Gasteiger partial charge on any atom is 0.341 e. The largest absolute Gasteiger partial charge is 0.496 e. The first-order chi connectivity index (χ1) is 9.46. The molecular formula is C12H10ClNO6. The number of esters is 1. The number of carbonyl (C=O) groups excluding carboxylic acids is 2. The van der Waals surface area contributed by atoms with Crippen LogP contribution in [0, 0.1) is 10.1 Å².